The van der Waals surface area contributed by atoms with Gasteiger partial charge in [0.05, 0.1) is 0 Å². The molecular formula is C17H30N4OS. The summed E-state index contributed by atoms with van der Waals surface area (Å²) in [5.41, 5.74) is 0. The molecule has 2 unspecified atom stereocenters. The molecule has 1 amide bonds. The molecule has 5 nitrogen and oxygen atoms in total. The van der Waals surface area contributed by atoms with E-state index < -0.39 is 0 Å². The van der Waals surface area contributed by atoms with E-state index in [1.54, 1.807) is 19.0 Å². The lowest BCUT2D eigenvalue weighted by Crippen LogP contribution is -2.46. The van der Waals surface area contributed by atoms with Gasteiger partial charge < -0.3 is 15.5 Å². The second-order valence-electron chi connectivity index (χ2n) is 6.17. The Morgan fingerprint density at radius 3 is 2.43 bits per heavy atom. The Bertz CT molecular complexity index is 524. The van der Waals surface area contributed by atoms with Crippen LogP contribution in [0.15, 0.2) is 17.1 Å². The van der Waals surface area contributed by atoms with E-state index in [9.17, 15) is 4.79 Å². The lowest BCUT2D eigenvalue weighted by molar-refractivity contribution is -0.127. The normalized spacial score (nSPS) is 14.3. The summed E-state index contributed by atoms with van der Waals surface area (Å²) in [6.07, 6.45) is 1.95. The van der Waals surface area contributed by atoms with E-state index in [1.807, 2.05) is 11.3 Å². The predicted octanol–water partition coefficient (Wildman–Crippen LogP) is 2.41. The van der Waals surface area contributed by atoms with Crippen molar-refractivity contribution in [2.24, 2.45) is 4.99 Å². The van der Waals surface area contributed by atoms with E-state index >= 15 is 0 Å². The van der Waals surface area contributed by atoms with Gasteiger partial charge in [0.2, 0.25) is 5.91 Å². The van der Waals surface area contributed by atoms with Crippen molar-refractivity contribution in [1.82, 2.24) is 15.5 Å². The lowest BCUT2D eigenvalue weighted by Gasteiger charge is -2.21. The van der Waals surface area contributed by atoms with Crippen LogP contribution in [0.3, 0.4) is 0 Å². The first-order chi connectivity index (χ1) is 10.8. The first kappa shape index (κ1) is 19.5. The Labute approximate surface area is 144 Å². The number of amides is 1. The van der Waals surface area contributed by atoms with Crippen LogP contribution in [0.2, 0.25) is 0 Å². The number of likely N-dealkylation sites (N-methyl/N-ethyl adjacent to an activating group) is 1. The lowest BCUT2D eigenvalue weighted by atomic mass is 10.2. The molecule has 0 saturated heterocycles. The highest BCUT2D eigenvalue weighted by Crippen LogP contribution is 2.16. The molecule has 0 bridgehead atoms. The molecule has 0 spiro atoms. The Morgan fingerprint density at radius 2 is 1.91 bits per heavy atom. The fraction of sp³-hybridized carbons (Fsp3) is 0.647. The number of guanidine groups is 1. The van der Waals surface area contributed by atoms with Gasteiger partial charge in [-0.05, 0) is 39.3 Å². The molecular weight excluding hydrogens is 308 g/mol. The maximum absolute atomic E-state index is 11.7. The van der Waals surface area contributed by atoms with E-state index in [1.165, 1.54) is 9.75 Å². The van der Waals surface area contributed by atoms with Crippen LogP contribution < -0.4 is 10.6 Å². The Kier molecular flexibility index (Phi) is 8.09. The van der Waals surface area contributed by atoms with E-state index in [-0.39, 0.29) is 18.5 Å². The molecule has 130 valence electrons. The zero-order valence-corrected chi connectivity index (χ0v) is 16.0. The van der Waals surface area contributed by atoms with Gasteiger partial charge in [0, 0.05) is 42.4 Å². The minimum atomic E-state index is -0.00298. The molecule has 2 atom stereocenters. The van der Waals surface area contributed by atoms with Crippen molar-refractivity contribution in [3.8, 4) is 0 Å². The highest BCUT2D eigenvalue weighted by Gasteiger charge is 2.11. The SMILES string of the molecule is CCC(C)NC(=NCC(=O)N(C)C)NC(C)Cc1ccc(C)s1. The summed E-state index contributed by atoms with van der Waals surface area (Å²) in [6, 6.07) is 4.88. The monoisotopic (exact) mass is 338 g/mol. The molecule has 0 aliphatic carbocycles. The fourth-order valence-corrected chi connectivity index (χ4v) is 2.96. The van der Waals surface area contributed by atoms with Gasteiger partial charge in [0.1, 0.15) is 6.54 Å². The van der Waals surface area contributed by atoms with Gasteiger partial charge >= 0.3 is 0 Å². The summed E-state index contributed by atoms with van der Waals surface area (Å²) < 4.78 is 0. The molecule has 0 aliphatic rings. The minimum Gasteiger partial charge on any atom is -0.354 e. The van der Waals surface area contributed by atoms with Crippen LogP contribution in [0, 0.1) is 6.92 Å². The molecule has 1 heterocycles. The standard InChI is InChI=1S/C17H30N4OS/c1-7-12(2)19-17(18-11-16(22)21(5)6)20-13(3)10-15-9-8-14(4)23-15/h8-9,12-13H,7,10-11H2,1-6H3,(H2,18,19,20). The van der Waals surface area contributed by atoms with Crippen LogP contribution in [-0.4, -0.2) is 49.5 Å². The fourth-order valence-electron chi connectivity index (χ4n) is 1.94. The Morgan fingerprint density at radius 1 is 1.26 bits per heavy atom. The van der Waals surface area contributed by atoms with Crippen LogP contribution in [0.4, 0.5) is 0 Å². The van der Waals surface area contributed by atoms with Gasteiger partial charge in [-0.1, -0.05) is 6.92 Å². The molecule has 0 aliphatic heterocycles. The maximum Gasteiger partial charge on any atom is 0.243 e. The highest BCUT2D eigenvalue weighted by atomic mass is 32.1. The zero-order chi connectivity index (χ0) is 17.4. The van der Waals surface area contributed by atoms with Crippen LogP contribution in [0.1, 0.15) is 36.9 Å². The molecule has 1 aromatic rings. The number of carbonyl (C=O) groups is 1. The number of nitrogens with zero attached hydrogens (tertiary/aromatic N) is 2. The minimum absolute atomic E-state index is 0.00298. The second-order valence-corrected chi connectivity index (χ2v) is 7.54. The Balaban J connectivity index is 2.66. The summed E-state index contributed by atoms with van der Waals surface area (Å²) >= 11 is 1.82. The van der Waals surface area contributed by atoms with Crippen molar-refractivity contribution in [2.75, 3.05) is 20.6 Å². The van der Waals surface area contributed by atoms with Crippen LogP contribution >= 0.6 is 11.3 Å². The number of hydrogen-bond acceptors (Lipinski definition) is 3. The highest BCUT2D eigenvalue weighted by molar-refractivity contribution is 7.11. The van der Waals surface area contributed by atoms with Crippen molar-refractivity contribution >= 4 is 23.2 Å². The molecule has 23 heavy (non-hydrogen) atoms. The van der Waals surface area contributed by atoms with Gasteiger partial charge in [0.25, 0.3) is 0 Å². The van der Waals surface area contributed by atoms with E-state index in [0.717, 1.165) is 12.8 Å². The first-order valence-corrected chi connectivity index (χ1v) is 8.96. The van der Waals surface area contributed by atoms with Crippen molar-refractivity contribution in [3.05, 3.63) is 21.9 Å². The number of hydrogen-bond donors (Lipinski definition) is 2. The largest absolute Gasteiger partial charge is 0.354 e. The topological polar surface area (TPSA) is 56.7 Å². The molecule has 2 N–H and O–H groups in total. The summed E-state index contributed by atoms with van der Waals surface area (Å²) in [5, 5.41) is 6.76. The maximum atomic E-state index is 11.7. The molecule has 0 aromatic carbocycles. The van der Waals surface area contributed by atoms with Crippen LogP contribution in [0.25, 0.3) is 0 Å². The molecule has 0 fully saturated rings. The number of thiophene rings is 1. The first-order valence-electron chi connectivity index (χ1n) is 8.14. The van der Waals surface area contributed by atoms with E-state index in [0.29, 0.717) is 12.0 Å². The average Bonchev–Trinajstić information content (AvgIpc) is 2.88. The van der Waals surface area contributed by atoms with Gasteiger partial charge in [0.15, 0.2) is 5.96 Å². The number of rotatable bonds is 7. The zero-order valence-electron chi connectivity index (χ0n) is 15.1. The van der Waals surface area contributed by atoms with Gasteiger partial charge in [-0.15, -0.1) is 11.3 Å². The summed E-state index contributed by atoms with van der Waals surface area (Å²) in [4.78, 5) is 20.4. The van der Waals surface area contributed by atoms with Crippen molar-refractivity contribution in [1.29, 1.82) is 0 Å². The van der Waals surface area contributed by atoms with Crippen molar-refractivity contribution in [2.45, 2.75) is 52.6 Å². The predicted molar refractivity (Wildman–Crippen MR) is 99.2 cm³/mol. The van der Waals surface area contributed by atoms with Gasteiger partial charge in [-0.2, -0.15) is 0 Å². The van der Waals surface area contributed by atoms with E-state index in [2.05, 4.69) is 55.5 Å². The van der Waals surface area contributed by atoms with Crippen molar-refractivity contribution in [3.63, 3.8) is 0 Å². The molecule has 1 rings (SSSR count). The number of aryl methyl sites for hydroxylation is 1. The number of carbonyl (C=O) groups excluding carboxylic acids is 1. The summed E-state index contributed by atoms with van der Waals surface area (Å²) in [6.45, 7) is 8.65. The molecule has 0 saturated carbocycles. The van der Waals surface area contributed by atoms with Gasteiger partial charge in [-0.3, -0.25) is 4.79 Å². The van der Waals surface area contributed by atoms with Gasteiger partial charge in [-0.25, -0.2) is 4.99 Å². The van der Waals surface area contributed by atoms with Crippen LogP contribution in [0.5, 0.6) is 0 Å². The second kappa shape index (κ2) is 9.55. The third kappa shape index (κ3) is 7.50. The average molecular weight is 339 g/mol. The van der Waals surface area contributed by atoms with Crippen molar-refractivity contribution < 1.29 is 4.79 Å². The molecule has 6 heteroatoms. The number of nitrogens with one attached hydrogen (secondary N) is 2. The summed E-state index contributed by atoms with van der Waals surface area (Å²) in [7, 11) is 3.49. The third-order valence-electron chi connectivity index (χ3n) is 3.55. The Hall–Kier alpha value is -1.56. The third-order valence-corrected chi connectivity index (χ3v) is 4.58. The smallest absolute Gasteiger partial charge is 0.243 e. The number of aliphatic imine (C=N–C) groups is 1. The summed E-state index contributed by atoms with van der Waals surface area (Å²) in [5.74, 6) is 0.701. The molecule has 1 aromatic heterocycles. The molecule has 0 radical (unpaired) electrons. The van der Waals surface area contributed by atoms with Crippen LogP contribution in [-0.2, 0) is 11.2 Å². The van der Waals surface area contributed by atoms with E-state index in [4.69, 9.17) is 0 Å². The quantitative estimate of drug-likeness (QED) is 0.593.